The van der Waals surface area contributed by atoms with E-state index in [1.807, 2.05) is 0 Å². The van der Waals surface area contributed by atoms with E-state index in [4.69, 9.17) is 4.74 Å². The van der Waals surface area contributed by atoms with Crippen molar-refractivity contribution in [2.24, 2.45) is 7.05 Å². The summed E-state index contributed by atoms with van der Waals surface area (Å²) in [5.74, 6) is -0.924. The summed E-state index contributed by atoms with van der Waals surface area (Å²) in [4.78, 5) is 16.5. The zero-order valence-electron chi connectivity index (χ0n) is 14.0. The fourth-order valence-corrected chi connectivity index (χ4v) is 2.55. The number of benzene rings is 2. The molecule has 0 saturated carbocycles. The van der Waals surface area contributed by atoms with Crippen molar-refractivity contribution in [3.05, 3.63) is 83.9 Å². The van der Waals surface area contributed by atoms with Gasteiger partial charge in [0, 0.05) is 19.4 Å². The van der Waals surface area contributed by atoms with Crippen LogP contribution in [0.25, 0.3) is 0 Å². The zero-order valence-corrected chi connectivity index (χ0v) is 14.0. The fraction of sp³-hybridized carbons (Fsp3) is 0.158. The maximum absolute atomic E-state index is 13.6. The van der Waals surface area contributed by atoms with Crippen LogP contribution in [0.5, 0.6) is 5.75 Å². The molecule has 0 spiro atoms. The maximum Gasteiger partial charge on any atom is 0.258 e. The molecule has 26 heavy (non-hydrogen) atoms. The Hall–Kier alpha value is -3.22. The zero-order chi connectivity index (χ0) is 18.5. The normalized spacial score (nSPS) is 11.8. The van der Waals surface area contributed by atoms with Gasteiger partial charge in [-0.3, -0.25) is 4.79 Å². The number of para-hydroxylation sites is 1. The van der Waals surface area contributed by atoms with Gasteiger partial charge in [-0.1, -0.05) is 24.3 Å². The number of hydrogen-bond donors (Lipinski definition) is 1. The molecule has 134 valence electrons. The molecule has 3 aromatic rings. The minimum Gasteiger partial charge on any atom is -0.481 e. The Morgan fingerprint density at radius 3 is 2.73 bits per heavy atom. The lowest BCUT2D eigenvalue weighted by atomic mass is 10.1. The summed E-state index contributed by atoms with van der Waals surface area (Å²) >= 11 is 0. The third-order valence-electron chi connectivity index (χ3n) is 3.80. The highest BCUT2D eigenvalue weighted by molar-refractivity contribution is 5.78. The summed E-state index contributed by atoms with van der Waals surface area (Å²) in [6.45, 7) is -0.378. The maximum atomic E-state index is 13.6. The number of carbonyl (C=O) groups excluding carboxylic acids is 1. The van der Waals surface area contributed by atoms with Crippen LogP contribution >= 0.6 is 0 Å². The highest BCUT2D eigenvalue weighted by atomic mass is 19.1. The van der Waals surface area contributed by atoms with Crippen molar-refractivity contribution < 1.29 is 18.3 Å². The number of aromatic nitrogens is 2. The van der Waals surface area contributed by atoms with Crippen LogP contribution < -0.4 is 10.1 Å². The van der Waals surface area contributed by atoms with E-state index in [2.05, 4.69) is 10.3 Å². The first kappa shape index (κ1) is 17.6. The smallest absolute Gasteiger partial charge is 0.258 e. The van der Waals surface area contributed by atoms with Crippen LogP contribution in [-0.2, 0) is 11.8 Å². The van der Waals surface area contributed by atoms with Crippen molar-refractivity contribution in [2.45, 2.75) is 6.04 Å². The molecule has 0 bridgehead atoms. The van der Waals surface area contributed by atoms with Crippen molar-refractivity contribution in [3.8, 4) is 5.75 Å². The van der Waals surface area contributed by atoms with Crippen molar-refractivity contribution in [1.82, 2.24) is 14.9 Å². The summed E-state index contributed by atoms with van der Waals surface area (Å²) in [5, 5.41) is 2.76. The lowest BCUT2D eigenvalue weighted by molar-refractivity contribution is -0.123. The Kier molecular flexibility index (Phi) is 5.26. The summed E-state index contributed by atoms with van der Waals surface area (Å²) in [6.07, 6.45) is 3.31. The topological polar surface area (TPSA) is 56.2 Å². The van der Waals surface area contributed by atoms with Gasteiger partial charge in [0.2, 0.25) is 0 Å². The highest BCUT2D eigenvalue weighted by Crippen LogP contribution is 2.21. The van der Waals surface area contributed by atoms with Crippen molar-refractivity contribution in [2.75, 3.05) is 6.61 Å². The number of rotatable bonds is 6. The first-order chi connectivity index (χ1) is 12.5. The predicted molar refractivity (Wildman–Crippen MR) is 91.5 cm³/mol. The summed E-state index contributed by atoms with van der Waals surface area (Å²) in [6, 6.07) is 11.1. The van der Waals surface area contributed by atoms with Gasteiger partial charge in [0.1, 0.15) is 17.7 Å². The van der Waals surface area contributed by atoms with E-state index in [1.165, 1.54) is 30.3 Å². The van der Waals surface area contributed by atoms with E-state index in [-0.39, 0.29) is 12.4 Å². The Morgan fingerprint density at radius 2 is 2.04 bits per heavy atom. The number of hydrogen-bond acceptors (Lipinski definition) is 3. The molecule has 1 heterocycles. The monoisotopic (exact) mass is 357 g/mol. The van der Waals surface area contributed by atoms with Gasteiger partial charge in [0.25, 0.3) is 5.91 Å². The van der Waals surface area contributed by atoms with Gasteiger partial charge in [-0.25, -0.2) is 13.8 Å². The average molecular weight is 357 g/mol. The number of aryl methyl sites for hydroxylation is 1. The molecule has 5 nitrogen and oxygen atoms in total. The lowest BCUT2D eigenvalue weighted by Crippen LogP contribution is -2.34. The third kappa shape index (κ3) is 4.05. The van der Waals surface area contributed by atoms with Crippen molar-refractivity contribution in [1.29, 1.82) is 0 Å². The second-order valence-corrected chi connectivity index (χ2v) is 5.67. The predicted octanol–water partition coefficient (Wildman–Crippen LogP) is 2.98. The SMILES string of the molecule is Cn1ccnc1C(NC(=O)COc1ccccc1F)c1cccc(F)c1. The molecule has 1 N–H and O–H groups in total. The molecule has 7 heteroatoms. The van der Waals surface area contributed by atoms with Gasteiger partial charge >= 0.3 is 0 Å². The number of imidazole rings is 1. The minimum absolute atomic E-state index is 0.0121. The van der Waals surface area contributed by atoms with Crippen LogP contribution in [0.4, 0.5) is 8.78 Å². The Bertz CT molecular complexity index is 911. The fourth-order valence-electron chi connectivity index (χ4n) is 2.55. The van der Waals surface area contributed by atoms with Gasteiger partial charge in [-0.05, 0) is 29.8 Å². The van der Waals surface area contributed by atoms with E-state index in [9.17, 15) is 13.6 Å². The molecule has 3 rings (SSSR count). The van der Waals surface area contributed by atoms with E-state index in [0.717, 1.165) is 0 Å². The van der Waals surface area contributed by atoms with E-state index >= 15 is 0 Å². The molecule has 0 fully saturated rings. The van der Waals surface area contributed by atoms with Crippen LogP contribution in [0.1, 0.15) is 17.4 Å². The van der Waals surface area contributed by atoms with Crippen molar-refractivity contribution in [3.63, 3.8) is 0 Å². The molecule has 0 aliphatic rings. The van der Waals surface area contributed by atoms with Gasteiger partial charge in [0.15, 0.2) is 18.2 Å². The van der Waals surface area contributed by atoms with Crippen molar-refractivity contribution >= 4 is 5.91 Å². The molecular formula is C19H17F2N3O2. The van der Waals surface area contributed by atoms with Gasteiger partial charge in [-0.2, -0.15) is 0 Å². The van der Waals surface area contributed by atoms with Crippen LogP contribution in [0.2, 0.25) is 0 Å². The van der Waals surface area contributed by atoms with Gasteiger partial charge in [-0.15, -0.1) is 0 Å². The summed E-state index contributed by atoms with van der Waals surface area (Å²) in [7, 11) is 1.77. The quantitative estimate of drug-likeness (QED) is 0.738. The Labute approximate surface area is 149 Å². The molecule has 0 aliphatic carbocycles. The third-order valence-corrected chi connectivity index (χ3v) is 3.80. The van der Waals surface area contributed by atoms with Crippen LogP contribution in [0.15, 0.2) is 60.9 Å². The number of ether oxygens (including phenoxy) is 1. The number of carbonyl (C=O) groups is 1. The summed E-state index contributed by atoms with van der Waals surface area (Å²) < 4.78 is 34.1. The second kappa shape index (κ2) is 7.77. The number of nitrogens with zero attached hydrogens (tertiary/aromatic N) is 2. The largest absolute Gasteiger partial charge is 0.481 e. The first-order valence-corrected chi connectivity index (χ1v) is 7.94. The molecule has 1 amide bonds. The molecule has 0 radical (unpaired) electrons. The standard InChI is InChI=1S/C19H17F2N3O2/c1-24-10-9-22-19(24)18(13-5-4-6-14(20)11-13)23-17(25)12-26-16-8-3-2-7-15(16)21/h2-11,18H,12H2,1H3,(H,23,25). The molecule has 1 atom stereocenters. The molecule has 1 unspecified atom stereocenters. The first-order valence-electron chi connectivity index (χ1n) is 7.94. The molecule has 1 aromatic heterocycles. The van der Waals surface area contributed by atoms with Gasteiger partial charge < -0.3 is 14.6 Å². The van der Waals surface area contributed by atoms with E-state index < -0.39 is 23.6 Å². The molecule has 0 aliphatic heterocycles. The van der Waals surface area contributed by atoms with Crippen LogP contribution in [0.3, 0.4) is 0 Å². The Morgan fingerprint density at radius 1 is 1.23 bits per heavy atom. The van der Waals surface area contributed by atoms with Crippen LogP contribution in [0, 0.1) is 11.6 Å². The molecular weight excluding hydrogens is 340 g/mol. The van der Waals surface area contributed by atoms with Crippen LogP contribution in [-0.4, -0.2) is 22.1 Å². The minimum atomic E-state index is -0.664. The van der Waals surface area contributed by atoms with E-state index in [1.54, 1.807) is 42.2 Å². The lowest BCUT2D eigenvalue weighted by Gasteiger charge is -2.19. The number of nitrogens with one attached hydrogen (secondary N) is 1. The van der Waals surface area contributed by atoms with E-state index in [0.29, 0.717) is 11.4 Å². The summed E-state index contributed by atoms with van der Waals surface area (Å²) in [5.41, 5.74) is 0.540. The number of amides is 1. The highest BCUT2D eigenvalue weighted by Gasteiger charge is 2.21. The second-order valence-electron chi connectivity index (χ2n) is 5.67. The molecule has 0 saturated heterocycles. The molecule has 2 aromatic carbocycles. The Balaban J connectivity index is 1.76. The average Bonchev–Trinajstić information content (AvgIpc) is 3.05. The van der Waals surface area contributed by atoms with Gasteiger partial charge in [0.05, 0.1) is 0 Å². The number of halogens is 2.